The highest BCUT2D eigenvalue weighted by molar-refractivity contribution is 7.93. The Hall–Kier alpha value is -3.83. The molecule has 0 aliphatic heterocycles. The predicted molar refractivity (Wildman–Crippen MR) is 129 cm³/mol. The van der Waals surface area contributed by atoms with E-state index >= 15 is 0 Å². The number of para-hydroxylation sites is 3. The van der Waals surface area contributed by atoms with Crippen molar-refractivity contribution in [2.75, 3.05) is 16.6 Å². The van der Waals surface area contributed by atoms with E-state index in [0.29, 0.717) is 11.1 Å². The van der Waals surface area contributed by atoms with Crippen molar-refractivity contribution in [1.29, 1.82) is 0 Å². The van der Waals surface area contributed by atoms with Gasteiger partial charge in [-0.3, -0.25) is 14.4 Å². The number of anilines is 2. The van der Waals surface area contributed by atoms with E-state index in [2.05, 4.69) is 14.4 Å². The van der Waals surface area contributed by atoms with Crippen molar-refractivity contribution in [2.45, 2.75) is 16.7 Å². The molecule has 3 N–H and O–H groups in total. The molecule has 1 aromatic heterocycles. The van der Waals surface area contributed by atoms with E-state index in [1.807, 2.05) is 6.92 Å². The Morgan fingerprint density at radius 3 is 2.35 bits per heavy atom. The highest BCUT2D eigenvalue weighted by Crippen LogP contribution is 2.32. The zero-order chi connectivity index (χ0) is 24.5. The lowest BCUT2D eigenvalue weighted by Gasteiger charge is -2.14. The van der Waals surface area contributed by atoms with E-state index in [4.69, 9.17) is 4.74 Å². The van der Waals surface area contributed by atoms with Crippen LogP contribution < -0.4 is 14.2 Å². The van der Waals surface area contributed by atoms with Gasteiger partial charge in [0.2, 0.25) is 0 Å². The van der Waals surface area contributed by atoms with Crippen molar-refractivity contribution in [3.63, 3.8) is 0 Å². The van der Waals surface area contributed by atoms with Gasteiger partial charge in [-0.1, -0.05) is 24.3 Å². The van der Waals surface area contributed by atoms with Gasteiger partial charge in [0, 0.05) is 11.6 Å². The lowest BCUT2D eigenvalue weighted by Crippen LogP contribution is -2.16. The number of hydrogen-bond acceptors (Lipinski definition) is 7. The van der Waals surface area contributed by atoms with Crippen molar-refractivity contribution < 1.29 is 26.7 Å². The average Bonchev–Trinajstić information content (AvgIpc) is 2.79. The molecule has 0 fully saturated rings. The van der Waals surface area contributed by atoms with Crippen LogP contribution in [0.5, 0.6) is 11.5 Å². The Bertz CT molecular complexity index is 1600. The molecule has 11 heteroatoms. The number of methoxy groups -OCH3 is 1. The number of hydrogen-bond donors (Lipinski definition) is 3. The number of nitrogens with one attached hydrogen (secondary N) is 2. The number of aromatic hydroxyl groups is 1. The van der Waals surface area contributed by atoms with E-state index in [1.165, 1.54) is 19.2 Å². The molecule has 0 aliphatic rings. The van der Waals surface area contributed by atoms with Crippen molar-refractivity contribution >= 4 is 42.3 Å². The molecule has 176 valence electrons. The lowest BCUT2D eigenvalue weighted by molar-refractivity contribution is 0.417. The molecule has 0 aliphatic carbocycles. The van der Waals surface area contributed by atoms with Gasteiger partial charge in [0.05, 0.1) is 28.9 Å². The van der Waals surface area contributed by atoms with Gasteiger partial charge in [0.1, 0.15) is 16.4 Å². The number of rotatable bonds is 7. The molecule has 34 heavy (non-hydrogen) atoms. The first-order valence-electron chi connectivity index (χ1n) is 9.98. The number of aryl methyl sites for hydroxylation is 1. The Morgan fingerprint density at radius 2 is 1.59 bits per heavy atom. The number of pyridine rings is 1. The number of benzene rings is 3. The van der Waals surface area contributed by atoms with Crippen LogP contribution in [0.15, 0.2) is 82.7 Å². The molecule has 4 rings (SSSR count). The molecule has 3 aromatic carbocycles. The third-order valence-electron chi connectivity index (χ3n) is 4.97. The summed E-state index contributed by atoms with van der Waals surface area (Å²) >= 11 is 0. The van der Waals surface area contributed by atoms with Gasteiger partial charge in [-0.15, -0.1) is 0 Å². The molecule has 9 nitrogen and oxygen atoms in total. The molecule has 1 heterocycles. The van der Waals surface area contributed by atoms with Gasteiger partial charge in [0.15, 0.2) is 0 Å². The first-order chi connectivity index (χ1) is 16.1. The number of nitrogens with zero attached hydrogens (tertiary/aromatic N) is 1. The molecule has 4 aromatic rings. The monoisotopic (exact) mass is 499 g/mol. The summed E-state index contributed by atoms with van der Waals surface area (Å²) in [5.74, 6) is -0.131. The van der Waals surface area contributed by atoms with Crippen molar-refractivity contribution in [3.8, 4) is 11.5 Å². The molecule has 0 radical (unpaired) electrons. The minimum Gasteiger partial charge on any atom is -0.506 e. The number of phenols is 1. The Labute approximate surface area is 197 Å². The van der Waals surface area contributed by atoms with E-state index in [0.717, 1.165) is 23.8 Å². The lowest BCUT2D eigenvalue weighted by atomic mass is 10.2. The summed E-state index contributed by atoms with van der Waals surface area (Å²) in [6, 6.07) is 16.2. The van der Waals surface area contributed by atoms with Crippen LogP contribution in [0.25, 0.3) is 10.9 Å². The molecule has 0 saturated carbocycles. The summed E-state index contributed by atoms with van der Waals surface area (Å²) < 4.78 is 62.0. The minimum absolute atomic E-state index is 0.107. The van der Waals surface area contributed by atoms with Crippen LogP contribution in [0.3, 0.4) is 0 Å². The van der Waals surface area contributed by atoms with Crippen LogP contribution in [-0.2, 0) is 20.0 Å². The number of fused-ring (bicyclic) bond motifs is 1. The standard InChI is InChI=1S/C23H21N3O6S2/c1-15-12-16-6-5-9-22(23(16)24-14-15)34(30,31)26-19-13-17(10-11-20(19)27)33(28,29)25-18-7-3-4-8-21(18)32-2/h3-14,25-27H,1-2H3. The average molecular weight is 500 g/mol. The fraction of sp³-hybridized carbons (Fsp3) is 0.0870. The minimum atomic E-state index is -4.21. The molecule has 0 saturated heterocycles. The summed E-state index contributed by atoms with van der Waals surface area (Å²) in [6.07, 6.45) is 1.55. The van der Waals surface area contributed by atoms with Crippen molar-refractivity contribution in [3.05, 3.63) is 78.5 Å². The van der Waals surface area contributed by atoms with Gasteiger partial charge in [-0.05, 0) is 55.0 Å². The van der Waals surface area contributed by atoms with Gasteiger partial charge < -0.3 is 9.84 Å². The number of ether oxygens (including phenoxy) is 1. The molecule has 0 amide bonds. The largest absolute Gasteiger partial charge is 0.506 e. The number of sulfonamides is 2. The Morgan fingerprint density at radius 1 is 0.853 bits per heavy atom. The second-order valence-corrected chi connectivity index (χ2v) is 10.8. The normalized spacial score (nSPS) is 11.8. The first-order valence-corrected chi connectivity index (χ1v) is 12.9. The molecule has 0 spiro atoms. The van der Waals surface area contributed by atoms with Crippen LogP contribution in [-0.4, -0.2) is 34.0 Å². The van der Waals surface area contributed by atoms with Crippen LogP contribution in [0.4, 0.5) is 11.4 Å². The summed E-state index contributed by atoms with van der Waals surface area (Å²) in [6.45, 7) is 1.84. The molecular weight excluding hydrogens is 478 g/mol. The summed E-state index contributed by atoms with van der Waals surface area (Å²) in [5.41, 5.74) is 1.03. The molecule has 0 bridgehead atoms. The third kappa shape index (κ3) is 4.61. The molecule has 0 atom stereocenters. The van der Waals surface area contributed by atoms with Crippen LogP contribution >= 0.6 is 0 Å². The van der Waals surface area contributed by atoms with Gasteiger partial charge in [-0.25, -0.2) is 16.8 Å². The third-order valence-corrected chi connectivity index (χ3v) is 7.73. The quantitative estimate of drug-likeness (QED) is 0.329. The SMILES string of the molecule is COc1ccccc1NS(=O)(=O)c1ccc(O)c(NS(=O)(=O)c2cccc3cc(C)cnc23)c1. The fourth-order valence-corrected chi connectivity index (χ4v) is 5.70. The van der Waals surface area contributed by atoms with E-state index in [9.17, 15) is 21.9 Å². The second kappa shape index (κ2) is 8.84. The summed E-state index contributed by atoms with van der Waals surface area (Å²) in [5, 5.41) is 10.9. The topological polar surface area (TPSA) is 135 Å². The highest BCUT2D eigenvalue weighted by Gasteiger charge is 2.23. The molecule has 0 unspecified atom stereocenters. The predicted octanol–water partition coefficient (Wildman–Crippen LogP) is 3.86. The van der Waals surface area contributed by atoms with Gasteiger partial charge in [0.25, 0.3) is 20.0 Å². The number of aromatic nitrogens is 1. The van der Waals surface area contributed by atoms with Gasteiger partial charge in [-0.2, -0.15) is 0 Å². The maximum atomic E-state index is 13.1. The zero-order valence-electron chi connectivity index (χ0n) is 18.2. The van der Waals surface area contributed by atoms with E-state index in [1.54, 1.807) is 42.6 Å². The summed E-state index contributed by atoms with van der Waals surface area (Å²) in [7, 11) is -6.94. The maximum absolute atomic E-state index is 13.1. The summed E-state index contributed by atoms with van der Waals surface area (Å²) in [4.78, 5) is 3.86. The maximum Gasteiger partial charge on any atom is 0.264 e. The Kier molecular flexibility index (Phi) is 6.07. The van der Waals surface area contributed by atoms with Crippen LogP contribution in [0.1, 0.15) is 5.56 Å². The second-order valence-electron chi connectivity index (χ2n) is 7.43. The fourth-order valence-electron chi connectivity index (χ4n) is 3.36. The van der Waals surface area contributed by atoms with Crippen LogP contribution in [0.2, 0.25) is 0 Å². The molecular formula is C23H21N3O6S2. The first kappa shape index (κ1) is 23.3. The van der Waals surface area contributed by atoms with Crippen molar-refractivity contribution in [1.82, 2.24) is 4.98 Å². The van der Waals surface area contributed by atoms with Crippen molar-refractivity contribution in [2.24, 2.45) is 0 Å². The van der Waals surface area contributed by atoms with Gasteiger partial charge >= 0.3 is 0 Å². The van der Waals surface area contributed by atoms with E-state index in [-0.39, 0.29) is 26.7 Å². The Balaban J connectivity index is 1.70. The highest BCUT2D eigenvalue weighted by atomic mass is 32.2. The smallest absolute Gasteiger partial charge is 0.264 e. The van der Waals surface area contributed by atoms with Crippen LogP contribution in [0, 0.1) is 6.92 Å². The van der Waals surface area contributed by atoms with E-state index < -0.39 is 25.8 Å². The number of phenolic OH excluding ortho intramolecular Hbond substituents is 1. The zero-order valence-corrected chi connectivity index (χ0v) is 19.8.